The van der Waals surface area contributed by atoms with Crippen molar-refractivity contribution in [1.82, 2.24) is 15.1 Å². The van der Waals surface area contributed by atoms with Crippen LogP contribution in [-0.4, -0.2) is 66.6 Å². The second-order valence-electron chi connectivity index (χ2n) is 6.15. The van der Waals surface area contributed by atoms with Crippen LogP contribution in [0.2, 0.25) is 0 Å². The summed E-state index contributed by atoms with van der Waals surface area (Å²) in [6.07, 6.45) is 4.48. The first-order chi connectivity index (χ1) is 9.63. The number of rotatable bonds is 9. The van der Waals surface area contributed by atoms with Gasteiger partial charge >= 0.3 is 0 Å². The molecule has 1 aliphatic carbocycles. The minimum absolute atomic E-state index is 0.144. The molecule has 1 saturated heterocycles. The number of hydrogen-bond acceptors (Lipinski definition) is 4. The van der Waals surface area contributed by atoms with Crippen LogP contribution in [0.5, 0.6) is 0 Å². The van der Waals surface area contributed by atoms with Crippen LogP contribution >= 0.6 is 0 Å². The molecule has 5 nitrogen and oxygen atoms in total. The van der Waals surface area contributed by atoms with Gasteiger partial charge in [0.2, 0.25) is 5.91 Å². The number of carbonyl (C=O) groups is 1. The lowest BCUT2D eigenvalue weighted by Gasteiger charge is -2.26. The van der Waals surface area contributed by atoms with Crippen LogP contribution in [0.3, 0.4) is 0 Å². The largest absolute Gasteiger partial charge is 0.368 e. The molecule has 2 unspecified atom stereocenters. The highest BCUT2D eigenvalue weighted by Gasteiger charge is 2.29. The number of amides is 1. The highest BCUT2D eigenvalue weighted by Crippen LogP contribution is 2.20. The molecular weight excluding hydrogens is 252 g/mol. The molecule has 2 aliphatic rings. The summed E-state index contributed by atoms with van der Waals surface area (Å²) in [7, 11) is 0. The molecule has 0 aromatic carbocycles. The summed E-state index contributed by atoms with van der Waals surface area (Å²) in [6, 6.07) is 1.08. The van der Waals surface area contributed by atoms with Gasteiger partial charge in [-0.3, -0.25) is 9.69 Å². The van der Waals surface area contributed by atoms with Gasteiger partial charge in [-0.25, -0.2) is 0 Å². The number of likely N-dealkylation sites (N-methyl/N-ethyl adjacent to an activating group) is 1. The zero-order valence-electron chi connectivity index (χ0n) is 13.0. The van der Waals surface area contributed by atoms with Gasteiger partial charge in [0.25, 0.3) is 0 Å². The van der Waals surface area contributed by atoms with Gasteiger partial charge in [0.1, 0.15) is 0 Å². The zero-order valence-corrected chi connectivity index (χ0v) is 13.0. The fourth-order valence-electron chi connectivity index (χ4n) is 3.21. The van der Waals surface area contributed by atoms with Crippen LogP contribution in [0.25, 0.3) is 0 Å². The number of nitrogens with zero attached hydrogens (tertiary/aromatic N) is 2. The molecule has 0 bridgehead atoms. The van der Waals surface area contributed by atoms with E-state index in [1.807, 2.05) is 0 Å². The number of nitrogens with one attached hydrogen (secondary N) is 1. The minimum atomic E-state index is -0.198. The monoisotopic (exact) mass is 282 g/mol. The average Bonchev–Trinajstić information content (AvgIpc) is 3.13. The van der Waals surface area contributed by atoms with Crippen molar-refractivity contribution in [1.29, 1.82) is 0 Å². The van der Waals surface area contributed by atoms with Crippen molar-refractivity contribution in [3.63, 3.8) is 0 Å². The normalized spacial score (nSPS) is 25.2. The molecule has 0 aromatic rings. The molecule has 20 heavy (non-hydrogen) atoms. The van der Waals surface area contributed by atoms with Crippen LogP contribution in [-0.2, 0) is 4.79 Å². The smallest absolute Gasteiger partial charge is 0.234 e. The third-order valence-electron chi connectivity index (χ3n) is 4.67. The van der Waals surface area contributed by atoms with Gasteiger partial charge in [0, 0.05) is 25.2 Å². The topological polar surface area (TPSA) is 61.6 Å². The molecule has 0 aromatic heterocycles. The number of carbonyl (C=O) groups excluding carboxylic acids is 1. The number of hydrogen-bond donors (Lipinski definition) is 2. The van der Waals surface area contributed by atoms with Gasteiger partial charge in [-0.2, -0.15) is 0 Å². The van der Waals surface area contributed by atoms with Crippen molar-refractivity contribution in [2.24, 2.45) is 5.73 Å². The Morgan fingerprint density at radius 3 is 2.60 bits per heavy atom. The molecule has 1 saturated carbocycles. The maximum Gasteiger partial charge on any atom is 0.234 e. The summed E-state index contributed by atoms with van der Waals surface area (Å²) in [5, 5.41) is 3.36. The van der Waals surface area contributed by atoms with E-state index in [1.165, 1.54) is 19.3 Å². The molecule has 1 amide bonds. The van der Waals surface area contributed by atoms with Gasteiger partial charge in [-0.05, 0) is 45.3 Å². The molecule has 3 N–H and O–H groups in total. The lowest BCUT2D eigenvalue weighted by atomic mass is 10.2. The molecule has 116 valence electrons. The molecular formula is C15H30N4O. The molecule has 2 rings (SSSR count). The van der Waals surface area contributed by atoms with Crippen LogP contribution in [0.15, 0.2) is 0 Å². The standard InChI is InChI=1S/C15H30N4O/c1-3-19(4-2)13-7-9-18(11-13)10-8-14(15(16)20)17-12-5-6-12/h12-14,17H,3-11H2,1-2H3,(H2,16,20). The number of likely N-dealkylation sites (tertiary alicyclic amines) is 1. The molecule has 0 radical (unpaired) electrons. The number of nitrogens with two attached hydrogens (primary N) is 1. The summed E-state index contributed by atoms with van der Waals surface area (Å²) < 4.78 is 0. The quantitative estimate of drug-likeness (QED) is 0.642. The van der Waals surface area contributed by atoms with Crippen LogP contribution in [0, 0.1) is 0 Å². The number of primary amides is 1. The second-order valence-corrected chi connectivity index (χ2v) is 6.15. The Morgan fingerprint density at radius 1 is 1.35 bits per heavy atom. The van der Waals surface area contributed by atoms with E-state index >= 15 is 0 Å². The molecule has 5 heteroatoms. The Hall–Kier alpha value is -0.650. The Balaban J connectivity index is 1.72. The van der Waals surface area contributed by atoms with E-state index in [-0.39, 0.29) is 11.9 Å². The highest BCUT2D eigenvalue weighted by atomic mass is 16.1. The van der Waals surface area contributed by atoms with Crippen LogP contribution < -0.4 is 11.1 Å². The molecule has 2 fully saturated rings. The summed E-state index contributed by atoms with van der Waals surface area (Å²) in [5.41, 5.74) is 5.49. The van der Waals surface area contributed by atoms with Gasteiger partial charge in [-0.15, -0.1) is 0 Å². The third kappa shape index (κ3) is 4.43. The average molecular weight is 282 g/mol. The van der Waals surface area contributed by atoms with Gasteiger partial charge in [0.15, 0.2) is 0 Å². The van der Waals surface area contributed by atoms with Gasteiger partial charge in [0.05, 0.1) is 6.04 Å². The first-order valence-electron chi connectivity index (χ1n) is 8.15. The lowest BCUT2D eigenvalue weighted by Crippen LogP contribution is -2.44. The Labute approximate surface area is 122 Å². The van der Waals surface area contributed by atoms with Crippen molar-refractivity contribution in [2.75, 3.05) is 32.7 Å². The SMILES string of the molecule is CCN(CC)C1CCN(CCC(NC2CC2)C(N)=O)C1. The van der Waals surface area contributed by atoms with E-state index in [2.05, 4.69) is 29.0 Å². The van der Waals surface area contributed by atoms with E-state index < -0.39 is 0 Å². The maximum atomic E-state index is 11.5. The lowest BCUT2D eigenvalue weighted by molar-refractivity contribution is -0.120. The predicted molar refractivity (Wildman–Crippen MR) is 81.5 cm³/mol. The Morgan fingerprint density at radius 2 is 2.05 bits per heavy atom. The highest BCUT2D eigenvalue weighted by molar-refractivity contribution is 5.79. The van der Waals surface area contributed by atoms with Crippen molar-refractivity contribution in [3.8, 4) is 0 Å². The zero-order chi connectivity index (χ0) is 14.5. The first kappa shape index (κ1) is 15.7. The molecule has 1 aliphatic heterocycles. The third-order valence-corrected chi connectivity index (χ3v) is 4.67. The van der Waals surface area contributed by atoms with Gasteiger partial charge in [-0.1, -0.05) is 13.8 Å². The summed E-state index contributed by atoms with van der Waals surface area (Å²) in [6.45, 7) is 9.98. The summed E-state index contributed by atoms with van der Waals surface area (Å²) >= 11 is 0. The fourth-order valence-corrected chi connectivity index (χ4v) is 3.21. The second kappa shape index (κ2) is 7.38. The van der Waals surface area contributed by atoms with Crippen molar-refractivity contribution >= 4 is 5.91 Å². The molecule has 0 spiro atoms. The molecule has 2 atom stereocenters. The predicted octanol–water partition coefficient (Wildman–Crippen LogP) is 0.399. The van der Waals surface area contributed by atoms with Crippen LogP contribution in [0.1, 0.15) is 39.5 Å². The molecule has 1 heterocycles. The van der Waals surface area contributed by atoms with Crippen molar-refractivity contribution in [3.05, 3.63) is 0 Å². The van der Waals surface area contributed by atoms with Gasteiger partial charge < -0.3 is 16.0 Å². The summed E-state index contributed by atoms with van der Waals surface area (Å²) in [4.78, 5) is 16.5. The fraction of sp³-hybridized carbons (Fsp3) is 0.933. The van der Waals surface area contributed by atoms with E-state index in [0.717, 1.165) is 39.1 Å². The Bertz CT molecular complexity index is 315. The minimum Gasteiger partial charge on any atom is -0.368 e. The van der Waals surface area contributed by atoms with E-state index in [9.17, 15) is 4.79 Å². The van der Waals surface area contributed by atoms with E-state index in [4.69, 9.17) is 5.73 Å². The first-order valence-corrected chi connectivity index (χ1v) is 8.15. The summed E-state index contributed by atoms with van der Waals surface area (Å²) in [5.74, 6) is -0.198. The van der Waals surface area contributed by atoms with Crippen molar-refractivity contribution in [2.45, 2.75) is 57.7 Å². The van der Waals surface area contributed by atoms with Crippen LogP contribution in [0.4, 0.5) is 0 Å². The maximum absolute atomic E-state index is 11.5. The Kier molecular flexibility index (Phi) is 5.81. The van der Waals surface area contributed by atoms with Crippen molar-refractivity contribution < 1.29 is 4.79 Å². The van der Waals surface area contributed by atoms with E-state index in [0.29, 0.717) is 12.1 Å². The van der Waals surface area contributed by atoms with E-state index in [1.54, 1.807) is 0 Å².